The van der Waals surface area contributed by atoms with E-state index in [0.29, 0.717) is 5.92 Å². The Morgan fingerprint density at radius 3 is 2.14 bits per heavy atom. The Hall–Kier alpha value is -1.04. The van der Waals surface area contributed by atoms with Crippen LogP contribution < -0.4 is 0 Å². The van der Waals surface area contributed by atoms with Gasteiger partial charge in [-0.25, -0.2) is 0 Å². The number of rotatable bonds is 5. The zero-order chi connectivity index (χ0) is 16.0. The lowest BCUT2D eigenvalue weighted by atomic mass is 9.57. The Bertz CT molecular complexity index is 402. The van der Waals surface area contributed by atoms with E-state index in [2.05, 4.69) is 13.0 Å². The third-order valence-electron chi connectivity index (χ3n) is 6.20. The molecule has 2 aliphatic rings. The first kappa shape index (κ1) is 17.3. The zero-order valence-corrected chi connectivity index (χ0v) is 14.3. The summed E-state index contributed by atoms with van der Waals surface area (Å²) in [7, 11) is 1.45. The van der Waals surface area contributed by atoms with E-state index in [4.69, 9.17) is 4.74 Å². The second kappa shape index (κ2) is 7.99. The first-order valence-electron chi connectivity index (χ1n) is 9.20. The number of hydrogen-bond acceptors (Lipinski definition) is 3. The molecule has 0 bridgehead atoms. The molecule has 2 rings (SSSR count). The molecule has 2 unspecified atom stereocenters. The number of ether oxygens (including phenoxy) is 1. The van der Waals surface area contributed by atoms with E-state index < -0.39 is 5.41 Å². The van der Waals surface area contributed by atoms with Crippen LogP contribution in [0.1, 0.15) is 77.6 Å². The van der Waals surface area contributed by atoms with Crippen LogP contribution in [0.3, 0.4) is 0 Å². The predicted octanol–water partition coefficient (Wildman–Crippen LogP) is 4.86. The Morgan fingerprint density at radius 2 is 1.68 bits per heavy atom. The molecule has 0 amide bonds. The molecule has 3 nitrogen and oxygen atoms in total. The number of methoxy groups -OCH3 is 1. The molecule has 0 aromatic rings. The predicted molar refractivity (Wildman–Crippen MR) is 87.0 cm³/mol. The van der Waals surface area contributed by atoms with E-state index >= 15 is 0 Å². The van der Waals surface area contributed by atoms with Crippen molar-refractivity contribution in [3.63, 3.8) is 0 Å². The van der Waals surface area contributed by atoms with Crippen LogP contribution in [-0.2, 0) is 9.53 Å². The molecule has 2 saturated carbocycles. The first-order valence-corrected chi connectivity index (χ1v) is 9.20. The molecule has 0 N–H and O–H groups in total. The number of carbonyl (C=O) groups is 1. The summed E-state index contributed by atoms with van der Waals surface area (Å²) >= 11 is 0. The van der Waals surface area contributed by atoms with Crippen LogP contribution in [0, 0.1) is 34.5 Å². The maximum atomic E-state index is 12.8. The maximum absolute atomic E-state index is 12.8. The van der Waals surface area contributed by atoms with Gasteiger partial charge in [0.05, 0.1) is 13.2 Å². The zero-order valence-electron chi connectivity index (χ0n) is 14.3. The van der Waals surface area contributed by atoms with Crippen LogP contribution in [0.5, 0.6) is 0 Å². The van der Waals surface area contributed by atoms with E-state index in [1.54, 1.807) is 0 Å². The normalized spacial score (nSPS) is 25.0. The average Bonchev–Trinajstić information content (AvgIpc) is 2.60. The molecule has 0 radical (unpaired) electrons. The van der Waals surface area contributed by atoms with Crippen LogP contribution in [0.15, 0.2) is 0 Å². The van der Waals surface area contributed by atoms with Crippen molar-refractivity contribution in [1.29, 1.82) is 5.26 Å². The Balaban J connectivity index is 2.35. The number of nitriles is 1. The summed E-state index contributed by atoms with van der Waals surface area (Å²) in [6.07, 6.45) is 12.6. The van der Waals surface area contributed by atoms with Gasteiger partial charge in [-0.15, -0.1) is 0 Å². The highest BCUT2D eigenvalue weighted by Crippen LogP contribution is 2.51. The van der Waals surface area contributed by atoms with Gasteiger partial charge in [-0.1, -0.05) is 64.7 Å². The summed E-state index contributed by atoms with van der Waals surface area (Å²) < 4.78 is 5.17. The van der Waals surface area contributed by atoms with Crippen molar-refractivity contribution in [1.82, 2.24) is 0 Å². The van der Waals surface area contributed by atoms with Gasteiger partial charge in [0, 0.05) is 0 Å². The highest BCUT2D eigenvalue weighted by atomic mass is 16.5. The molecule has 0 aliphatic heterocycles. The second-order valence-corrected chi connectivity index (χ2v) is 7.22. The second-order valence-electron chi connectivity index (χ2n) is 7.22. The largest absolute Gasteiger partial charge is 0.468 e. The fourth-order valence-corrected chi connectivity index (χ4v) is 5.13. The van der Waals surface area contributed by atoms with E-state index in [1.165, 1.54) is 45.6 Å². The van der Waals surface area contributed by atoms with Crippen molar-refractivity contribution >= 4 is 5.97 Å². The molecule has 0 saturated heterocycles. The van der Waals surface area contributed by atoms with Crippen molar-refractivity contribution in [3.05, 3.63) is 0 Å². The Morgan fingerprint density at radius 1 is 1.14 bits per heavy atom. The highest BCUT2D eigenvalue weighted by Gasteiger charge is 2.54. The summed E-state index contributed by atoms with van der Waals surface area (Å²) in [4.78, 5) is 12.8. The molecule has 0 heterocycles. The highest BCUT2D eigenvalue weighted by molar-refractivity contribution is 5.81. The summed E-state index contributed by atoms with van der Waals surface area (Å²) in [5, 5.41) is 10.1. The van der Waals surface area contributed by atoms with Crippen molar-refractivity contribution in [2.45, 2.75) is 77.6 Å². The monoisotopic (exact) mass is 305 g/mol. The quantitative estimate of drug-likeness (QED) is 0.682. The van der Waals surface area contributed by atoms with Crippen molar-refractivity contribution in [2.24, 2.45) is 23.2 Å². The molecule has 0 aromatic heterocycles. The molecule has 2 atom stereocenters. The molecule has 2 fully saturated rings. The molecule has 22 heavy (non-hydrogen) atoms. The van der Waals surface area contributed by atoms with Gasteiger partial charge in [0.25, 0.3) is 0 Å². The Kier molecular flexibility index (Phi) is 6.29. The molecular weight excluding hydrogens is 274 g/mol. The smallest absolute Gasteiger partial charge is 0.326 e. The number of esters is 1. The lowest BCUT2D eigenvalue weighted by molar-refractivity contribution is -0.159. The van der Waals surface area contributed by atoms with Crippen LogP contribution in [0.25, 0.3) is 0 Å². The summed E-state index contributed by atoms with van der Waals surface area (Å²) in [6, 6.07) is 2.51. The van der Waals surface area contributed by atoms with Crippen molar-refractivity contribution in [3.8, 4) is 6.07 Å². The van der Waals surface area contributed by atoms with E-state index in [-0.39, 0.29) is 17.8 Å². The topological polar surface area (TPSA) is 50.1 Å². The van der Waals surface area contributed by atoms with Crippen LogP contribution in [-0.4, -0.2) is 13.1 Å². The van der Waals surface area contributed by atoms with Crippen LogP contribution in [0.2, 0.25) is 0 Å². The van der Waals surface area contributed by atoms with Gasteiger partial charge in [0.1, 0.15) is 0 Å². The first-order chi connectivity index (χ1) is 10.7. The van der Waals surface area contributed by atoms with E-state index in [9.17, 15) is 10.1 Å². The van der Waals surface area contributed by atoms with Crippen molar-refractivity contribution in [2.75, 3.05) is 7.11 Å². The van der Waals surface area contributed by atoms with Gasteiger partial charge in [-0.2, -0.15) is 5.26 Å². The summed E-state index contributed by atoms with van der Waals surface area (Å²) in [5.41, 5.74) is -0.911. The third-order valence-corrected chi connectivity index (χ3v) is 6.20. The van der Waals surface area contributed by atoms with Gasteiger partial charge >= 0.3 is 5.97 Å². The van der Waals surface area contributed by atoms with Gasteiger partial charge < -0.3 is 4.74 Å². The molecule has 2 aliphatic carbocycles. The van der Waals surface area contributed by atoms with Gasteiger partial charge in [-0.3, -0.25) is 4.79 Å². The number of hydrogen-bond donors (Lipinski definition) is 0. The average molecular weight is 305 g/mol. The lowest BCUT2D eigenvalue weighted by Gasteiger charge is -2.44. The van der Waals surface area contributed by atoms with Gasteiger partial charge in [0.2, 0.25) is 0 Å². The van der Waals surface area contributed by atoms with Crippen LogP contribution in [0.4, 0.5) is 0 Å². The molecule has 124 valence electrons. The fraction of sp³-hybridized carbons (Fsp3) is 0.895. The number of nitrogens with zero attached hydrogens (tertiary/aromatic N) is 1. The lowest BCUT2D eigenvalue weighted by Crippen LogP contribution is -2.48. The van der Waals surface area contributed by atoms with E-state index in [1.807, 2.05) is 0 Å². The number of carbonyl (C=O) groups excluding carboxylic acids is 1. The standard InChI is InChI=1S/C19H31NO2/c1-3-17(15-10-6-4-7-11-15)19(14-20,18(21)22-2)16-12-8-5-9-13-16/h15-17H,3-13H2,1-2H3. The summed E-state index contributed by atoms with van der Waals surface area (Å²) in [6.45, 7) is 2.15. The minimum absolute atomic E-state index is 0.161. The van der Waals surface area contributed by atoms with E-state index in [0.717, 1.165) is 32.1 Å². The minimum Gasteiger partial charge on any atom is -0.468 e. The minimum atomic E-state index is -0.911. The van der Waals surface area contributed by atoms with Crippen LogP contribution >= 0.6 is 0 Å². The third kappa shape index (κ3) is 3.16. The molecular formula is C19H31NO2. The summed E-state index contributed by atoms with van der Waals surface area (Å²) in [5.74, 6) is 0.595. The van der Waals surface area contributed by atoms with Gasteiger partial charge in [-0.05, 0) is 30.6 Å². The molecule has 0 spiro atoms. The fourth-order valence-electron chi connectivity index (χ4n) is 5.13. The Labute approximate surface area is 135 Å². The SMILES string of the molecule is CCC(C1CCCCC1)C(C#N)(C(=O)OC)C1CCCCC1. The molecule has 3 heteroatoms. The van der Waals surface area contributed by atoms with Gasteiger partial charge in [0.15, 0.2) is 5.41 Å². The maximum Gasteiger partial charge on any atom is 0.326 e. The molecule has 0 aromatic carbocycles. The van der Waals surface area contributed by atoms with Crippen molar-refractivity contribution < 1.29 is 9.53 Å².